The molecule has 2 rings (SSSR count). The molecule has 0 aliphatic heterocycles. The SMILES string of the molecule is COC(=O)c1cc2oc(N)nc2cc1F. The lowest BCUT2D eigenvalue weighted by atomic mass is 10.2. The molecule has 15 heavy (non-hydrogen) atoms. The topological polar surface area (TPSA) is 78.3 Å². The van der Waals surface area contributed by atoms with E-state index < -0.39 is 11.8 Å². The molecule has 0 unspecified atom stereocenters. The zero-order chi connectivity index (χ0) is 11.0. The van der Waals surface area contributed by atoms with Crippen molar-refractivity contribution in [2.24, 2.45) is 0 Å². The highest BCUT2D eigenvalue weighted by atomic mass is 19.1. The van der Waals surface area contributed by atoms with Crippen LogP contribution in [0.3, 0.4) is 0 Å². The summed E-state index contributed by atoms with van der Waals surface area (Å²) in [4.78, 5) is 14.8. The Morgan fingerprint density at radius 1 is 1.60 bits per heavy atom. The number of carbonyl (C=O) groups is 1. The molecule has 0 spiro atoms. The third-order valence-electron chi connectivity index (χ3n) is 1.90. The van der Waals surface area contributed by atoms with Gasteiger partial charge in [0.1, 0.15) is 11.3 Å². The van der Waals surface area contributed by atoms with E-state index in [9.17, 15) is 9.18 Å². The number of benzene rings is 1. The molecule has 0 radical (unpaired) electrons. The molecule has 1 aromatic carbocycles. The van der Waals surface area contributed by atoms with Gasteiger partial charge < -0.3 is 14.9 Å². The second kappa shape index (κ2) is 3.23. The van der Waals surface area contributed by atoms with Gasteiger partial charge in [-0.05, 0) is 0 Å². The number of nitrogen functional groups attached to an aromatic ring is 1. The van der Waals surface area contributed by atoms with Gasteiger partial charge in [-0.25, -0.2) is 9.18 Å². The van der Waals surface area contributed by atoms with Crippen LogP contribution >= 0.6 is 0 Å². The van der Waals surface area contributed by atoms with Gasteiger partial charge in [0.25, 0.3) is 6.01 Å². The Kier molecular flexibility index (Phi) is 2.03. The molecular formula is C9H7FN2O3. The van der Waals surface area contributed by atoms with Crippen LogP contribution in [-0.4, -0.2) is 18.1 Å². The highest BCUT2D eigenvalue weighted by Gasteiger charge is 2.15. The number of nitrogens with zero attached hydrogens (tertiary/aromatic N) is 1. The lowest BCUT2D eigenvalue weighted by molar-refractivity contribution is 0.0595. The number of fused-ring (bicyclic) bond motifs is 1. The number of esters is 1. The lowest BCUT2D eigenvalue weighted by Gasteiger charge is -1.99. The van der Waals surface area contributed by atoms with E-state index in [1.165, 1.54) is 13.2 Å². The highest BCUT2D eigenvalue weighted by Crippen LogP contribution is 2.21. The van der Waals surface area contributed by atoms with Crippen LogP contribution in [0.15, 0.2) is 16.5 Å². The first-order chi connectivity index (χ1) is 7.11. The minimum Gasteiger partial charge on any atom is -0.465 e. The van der Waals surface area contributed by atoms with E-state index in [1.54, 1.807) is 0 Å². The fourth-order valence-electron chi connectivity index (χ4n) is 1.23. The second-order valence-corrected chi connectivity index (χ2v) is 2.84. The number of carbonyl (C=O) groups excluding carboxylic acids is 1. The summed E-state index contributed by atoms with van der Waals surface area (Å²) in [6.45, 7) is 0. The molecule has 6 heteroatoms. The average Bonchev–Trinajstić information content (AvgIpc) is 2.55. The normalized spacial score (nSPS) is 10.5. The Hall–Kier alpha value is -2.11. The van der Waals surface area contributed by atoms with Crippen LogP contribution < -0.4 is 5.73 Å². The summed E-state index contributed by atoms with van der Waals surface area (Å²) in [5, 5.41) is 0. The van der Waals surface area contributed by atoms with Gasteiger partial charge in [0.15, 0.2) is 5.58 Å². The minimum atomic E-state index is -0.774. The Labute approximate surface area is 83.6 Å². The molecule has 2 aromatic rings. The van der Waals surface area contributed by atoms with Crippen molar-refractivity contribution in [3.63, 3.8) is 0 Å². The lowest BCUT2D eigenvalue weighted by Crippen LogP contribution is -2.03. The summed E-state index contributed by atoms with van der Waals surface area (Å²) in [5.41, 5.74) is 5.58. The number of oxazole rings is 1. The fourth-order valence-corrected chi connectivity index (χ4v) is 1.23. The number of hydrogen-bond acceptors (Lipinski definition) is 5. The van der Waals surface area contributed by atoms with Crippen molar-refractivity contribution in [2.45, 2.75) is 0 Å². The van der Waals surface area contributed by atoms with Gasteiger partial charge in [-0.15, -0.1) is 0 Å². The van der Waals surface area contributed by atoms with Gasteiger partial charge in [0.05, 0.1) is 12.7 Å². The number of ether oxygens (including phenoxy) is 1. The second-order valence-electron chi connectivity index (χ2n) is 2.84. The molecule has 0 aliphatic rings. The van der Waals surface area contributed by atoms with Crippen molar-refractivity contribution in [3.8, 4) is 0 Å². The molecule has 0 saturated heterocycles. The number of aromatic nitrogens is 1. The predicted octanol–water partition coefficient (Wildman–Crippen LogP) is 1.34. The Morgan fingerprint density at radius 3 is 3.00 bits per heavy atom. The van der Waals surface area contributed by atoms with Crippen LogP contribution in [0.2, 0.25) is 0 Å². The molecule has 0 atom stereocenters. The van der Waals surface area contributed by atoms with Gasteiger partial charge in [0, 0.05) is 12.1 Å². The number of anilines is 1. The summed E-state index contributed by atoms with van der Waals surface area (Å²) >= 11 is 0. The maximum atomic E-state index is 13.3. The average molecular weight is 210 g/mol. The predicted molar refractivity (Wildman–Crippen MR) is 49.7 cm³/mol. The first-order valence-electron chi connectivity index (χ1n) is 4.05. The van der Waals surface area contributed by atoms with Crippen molar-refractivity contribution < 1.29 is 18.3 Å². The van der Waals surface area contributed by atoms with Gasteiger partial charge in [0.2, 0.25) is 0 Å². The van der Waals surface area contributed by atoms with Crippen molar-refractivity contribution in [3.05, 3.63) is 23.5 Å². The Bertz CT molecular complexity index is 535. The van der Waals surface area contributed by atoms with E-state index in [1.807, 2.05) is 0 Å². The minimum absolute atomic E-state index is 0.0774. The van der Waals surface area contributed by atoms with E-state index in [4.69, 9.17) is 10.2 Å². The molecule has 1 heterocycles. The van der Waals surface area contributed by atoms with Gasteiger partial charge in [-0.2, -0.15) is 4.98 Å². The summed E-state index contributed by atoms with van der Waals surface area (Å²) < 4.78 is 22.7. The molecule has 2 N–H and O–H groups in total. The first-order valence-corrected chi connectivity index (χ1v) is 4.05. The van der Waals surface area contributed by atoms with Gasteiger partial charge in [-0.1, -0.05) is 0 Å². The van der Waals surface area contributed by atoms with E-state index in [0.29, 0.717) is 0 Å². The summed E-state index contributed by atoms with van der Waals surface area (Å²) in [6, 6.07) is 2.20. The summed E-state index contributed by atoms with van der Waals surface area (Å²) in [5.74, 6) is -1.49. The third-order valence-corrected chi connectivity index (χ3v) is 1.90. The van der Waals surface area contributed by atoms with Crippen molar-refractivity contribution >= 4 is 23.1 Å². The van der Waals surface area contributed by atoms with Gasteiger partial charge >= 0.3 is 5.97 Å². The van der Waals surface area contributed by atoms with E-state index in [0.717, 1.165) is 6.07 Å². The van der Waals surface area contributed by atoms with E-state index >= 15 is 0 Å². The van der Waals surface area contributed by atoms with E-state index in [2.05, 4.69) is 9.72 Å². The number of rotatable bonds is 1. The summed E-state index contributed by atoms with van der Waals surface area (Å²) in [6.07, 6.45) is 0. The molecule has 0 fully saturated rings. The first kappa shape index (κ1) is 9.45. The monoisotopic (exact) mass is 210 g/mol. The molecule has 78 valence electrons. The molecule has 5 nitrogen and oxygen atoms in total. The number of hydrogen-bond donors (Lipinski definition) is 1. The van der Waals surface area contributed by atoms with Crippen LogP contribution in [0.25, 0.3) is 11.1 Å². The van der Waals surface area contributed by atoms with Crippen LogP contribution in [0.4, 0.5) is 10.4 Å². The van der Waals surface area contributed by atoms with Crippen LogP contribution in [-0.2, 0) is 4.74 Å². The Morgan fingerprint density at radius 2 is 2.33 bits per heavy atom. The van der Waals surface area contributed by atoms with Crippen molar-refractivity contribution in [1.29, 1.82) is 0 Å². The molecule has 0 amide bonds. The zero-order valence-electron chi connectivity index (χ0n) is 7.78. The molecule has 0 aliphatic carbocycles. The van der Waals surface area contributed by atoms with Crippen molar-refractivity contribution in [1.82, 2.24) is 4.98 Å². The number of nitrogens with two attached hydrogens (primary N) is 1. The van der Waals surface area contributed by atoms with Crippen molar-refractivity contribution in [2.75, 3.05) is 12.8 Å². The van der Waals surface area contributed by atoms with Crippen LogP contribution in [0.5, 0.6) is 0 Å². The molecule has 0 saturated carbocycles. The Balaban J connectivity index is 2.66. The maximum absolute atomic E-state index is 13.3. The fraction of sp³-hybridized carbons (Fsp3) is 0.111. The number of methoxy groups -OCH3 is 1. The van der Waals surface area contributed by atoms with Crippen LogP contribution in [0.1, 0.15) is 10.4 Å². The quantitative estimate of drug-likeness (QED) is 0.718. The smallest absolute Gasteiger partial charge is 0.340 e. The maximum Gasteiger partial charge on any atom is 0.340 e. The van der Waals surface area contributed by atoms with Crippen LogP contribution in [0, 0.1) is 5.82 Å². The molecular weight excluding hydrogens is 203 g/mol. The van der Waals surface area contributed by atoms with E-state index in [-0.39, 0.29) is 22.7 Å². The largest absolute Gasteiger partial charge is 0.465 e. The number of halogens is 1. The third kappa shape index (κ3) is 1.50. The van der Waals surface area contributed by atoms with Gasteiger partial charge in [-0.3, -0.25) is 0 Å². The summed E-state index contributed by atoms with van der Waals surface area (Å²) in [7, 11) is 1.17. The molecule has 1 aromatic heterocycles. The highest BCUT2D eigenvalue weighted by molar-refractivity contribution is 5.93. The standard InChI is InChI=1S/C9H7FN2O3/c1-14-8(13)4-2-7-6(3-5(4)10)12-9(11)15-7/h2-3H,1H3,(H2,11,12). The molecule has 0 bridgehead atoms. The zero-order valence-corrected chi connectivity index (χ0v) is 7.78.